The maximum atomic E-state index is 13.7. The molecule has 0 radical (unpaired) electrons. The molecule has 1 aliphatic carbocycles. The lowest BCUT2D eigenvalue weighted by Gasteiger charge is -2.41. The number of para-hydroxylation sites is 1. The number of carboxylic acids is 1. The number of aryl methyl sites for hydroxylation is 2. The summed E-state index contributed by atoms with van der Waals surface area (Å²) in [4.78, 5) is 24.7. The van der Waals surface area contributed by atoms with E-state index in [-0.39, 0.29) is 35.0 Å². The van der Waals surface area contributed by atoms with E-state index in [1.165, 1.54) is 12.1 Å². The summed E-state index contributed by atoms with van der Waals surface area (Å²) in [6.45, 7) is 3.80. The van der Waals surface area contributed by atoms with E-state index in [9.17, 15) is 25.0 Å². The SMILES string of the molecule is Cc1cc(C)cc([N+]2([O-])C=CC3=C(C2)C(=O)C(=NNc2cccc(-c4cccc(C(=O)O)c4)c2O)C=C3)c1. The lowest BCUT2D eigenvalue weighted by atomic mass is 9.92. The molecule has 0 saturated heterocycles. The van der Waals surface area contributed by atoms with Gasteiger partial charge in [-0.3, -0.25) is 14.9 Å². The van der Waals surface area contributed by atoms with Gasteiger partial charge in [0.1, 0.15) is 29.9 Å². The lowest BCUT2D eigenvalue weighted by molar-refractivity contribution is -0.110. The van der Waals surface area contributed by atoms with E-state index < -0.39 is 10.6 Å². The molecule has 2 aliphatic rings. The van der Waals surface area contributed by atoms with Crippen LogP contribution in [0.1, 0.15) is 21.5 Å². The highest BCUT2D eigenvalue weighted by Crippen LogP contribution is 2.36. The topological polar surface area (TPSA) is 122 Å². The molecule has 0 amide bonds. The number of benzene rings is 3. The van der Waals surface area contributed by atoms with Crippen molar-refractivity contribution in [1.29, 1.82) is 0 Å². The number of rotatable bonds is 5. The van der Waals surface area contributed by atoms with Crippen molar-refractivity contribution in [3.8, 4) is 16.9 Å². The van der Waals surface area contributed by atoms with Crippen LogP contribution >= 0.6 is 0 Å². The zero-order valence-corrected chi connectivity index (χ0v) is 20.8. The van der Waals surface area contributed by atoms with Crippen LogP contribution in [0.3, 0.4) is 0 Å². The van der Waals surface area contributed by atoms with E-state index in [1.54, 1.807) is 54.8 Å². The second kappa shape index (κ2) is 9.59. The maximum absolute atomic E-state index is 13.7. The number of nitrogens with zero attached hydrogens (tertiary/aromatic N) is 2. The maximum Gasteiger partial charge on any atom is 0.335 e. The molecule has 3 aromatic rings. The fourth-order valence-corrected chi connectivity index (χ4v) is 4.68. The van der Waals surface area contributed by atoms with Crippen molar-refractivity contribution in [2.24, 2.45) is 5.10 Å². The molecule has 190 valence electrons. The minimum absolute atomic E-state index is 0.0580. The second-order valence-electron chi connectivity index (χ2n) is 9.41. The number of phenolic OH excluding ortho intramolecular Hbond substituents is 1. The lowest BCUT2D eigenvalue weighted by Crippen LogP contribution is -2.44. The Balaban J connectivity index is 1.40. The van der Waals surface area contributed by atoms with E-state index in [2.05, 4.69) is 10.5 Å². The molecule has 3 aromatic carbocycles. The number of hydrogen-bond donors (Lipinski definition) is 3. The minimum atomic E-state index is -1.07. The van der Waals surface area contributed by atoms with Crippen molar-refractivity contribution >= 4 is 28.8 Å². The van der Waals surface area contributed by atoms with Crippen LogP contribution < -0.4 is 10.1 Å². The molecule has 8 nitrogen and oxygen atoms in total. The predicted molar refractivity (Wildman–Crippen MR) is 148 cm³/mol. The number of hydrogen-bond acceptors (Lipinski definition) is 6. The Morgan fingerprint density at radius 2 is 1.74 bits per heavy atom. The van der Waals surface area contributed by atoms with Gasteiger partial charge in [-0.15, -0.1) is 0 Å². The number of ketones is 1. The van der Waals surface area contributed by atoms with Crippen molar-refractivity contribution in [3.05, 3.63) is 118 Å². The van der Waals surface area contributed by atoms with Gasteiger partial charge in [0.15, 0.2) is 0 Å². The van der Waals surface area contributed by atoms with E-state index in [4.69, 9.17) is 0 Å². The molecule has 1 heterocycles. The molecule has 5 rings (SSSR count). The van der Waals surface area contributed by atoms with Crippen LogP contribution in [0.25, 0.3) is 11.1 Å². The zero-order valence-electron chi connectivity index (χ0n) is 20.8. The van der Waals surface area contributed by atoms with Crippen molar-refractivity contribution in [2.45, 2.75) is 13.8 Å². The second-order valence-corrected chi connectivity index (χ2v) is 9.41. The van der Waals surface area contributed by atoms with Crippen molar-refractivity contribution in [1.82, 2.24) is 4.65 Å². The third-order valence-corrected chi connectivity index (χ3v) is 6.56. The Kier molecular flexibility index (Phi) is 6.28. The number of Topliss-reactive ketones (excluding diaryl/α,β-unsaturated/α-hetero) is 1. The summed E-state index contributed by atoms with van der Waals surface area (Å²) in [6.07, 6.45) is 6.53. The number of quaternary nitrogens is 1. The third-order valence-electron chi connectivity index (χ3n) is 6.56. The quantitative estimate of drug-likeness (QED) is 0.136. The minimum Gasteiger partial charge on any atom is -0.622 e. The highest BCUT2D eigenvalue weighted by atomic mass is 16.5. The van der Waals surface area contributed by atoms with Crippen LogP contribution in [0.4, 0.5) is 11.4 Å². The van der Waals surface area contributed by atoms with Gasteiger partial charge in [-0.05, 0) is 66.5 Å². The number of carbonyl (C=O) groups excluding carboxylic acids is 1. The number of aromatic hydroxyl groups is 1. The van der Waals surface area contributed by atoms with E-state index in [0.29, 0.717) is 28.0 Å². The largest absolute Gasteiger partial charge is 0.622 e. The van der Waals surface area contributed by atoms with Crippen LogP contribution in [0, 0.1) is 19.1 Å². The molecular weight excluding hydrogens is 482 g/mol. The summed E-state index contributed by atoms with van der Waals surface area (Å²) >= 11 is 0. The smallest absolute Gasteiger partial charge is 0.335 e. The fraction of sp³-hybridized carbons (Fsp3) is 0.100. The van der Waals surface area contributed by atoms with Crippen LogP contribution in [0.2, 0.25) is 0 Å². The van der Waals surface area contributed by atoms with Gasteiger partial charge in [-0.25, -0.2) is 4.79 Å². The summed E-state index contributed by atoms with van der Waals surface area (Å²) in [5, 5.41) is 38.1. The molecule has 1 unspecified atom stereocenters. The van der Waals surface area contributed by atoms with E-state index in [0.717, 1.165) is 11.1 Å². The molecule has 3 N–H and O–H groups in total. The van der Waals surface area contributed by atoms with Crippen LogP contribution in [-0.4, -0.2) is 34.2 Å². The molecule has 0 bridgehead atoms. The number of anilines is 1. The van der Waals surface area contributed by atoms with Gasteiger partial charge in [0, 0.05) is 17.7 Å². The summed E-state index contributed by atoms with van der Waals surface area (Å²) < 4.78 is -0.778. The Bertz CT molecular complexity index is 1600. The van der Waals surface area contributed by atoms with Gasteiger partial charge in [-0.2, -0.15) is 5.10 Å². The average Bonchev–Trinajstić information content (AvgIpc) is 2.89. The van der Waals surface area contributed by atoms with Gasteiger partial charge in [0.2, 0.25) is 5.78 Å². The number of phenols is 1. The van der Waals surface area contributed by atoms with Gasteiger partial charge in [-0.1, -0.05) is 36.4 Å². The van der Waals surface area contributed by atoms with Gasteiger partial charge >= 0.3 is 5.97 Å². The molecule has 1 aliphatic heterocycles. The van der Waals surface area contributed by atoms with Crippen molar-refractivity contribution in [2.75, 3.05) is 12.0 Å². The first-order valence-corrected chi connectivity index (χ1v) is 12.0. The monoisotopic (exact) mass is 507 g/mol. The summed E-state index contributed by atoms with van der Waals surface area (Å²) in [5.41, 5.74) is 7.65. The number of allylic oxidation sites excluding steroid dienone is 4. The van der Waals surface area contributed by atoms with Crippen molar-refractivity contribution in [3.63, 3.8) is 0 Å². The number of aromatic carboxylic acids is 1. The number of carbonyl (C=O) groups is 2. The molecule has 0 saturated carbocycles. The van der Waals surface area contributed by atoms with E-state index >= 15 is 0 Å². The predicted octanol–water partition coefficient (Wildman–Crippen LogP) is 5.61. The normalized spacial score (nSPS) is 19.6. The third kappa shape index (κ3) is 4.66. The number of carboxylic acid groups (broad SMARTS) is 1. The zero-order chi connectivity index (χ0) is 27.0. The molecule has 0 fully saturated rings. The highest BCUT2D eigenvalue weighted by Gasteiger charge is 2.32. The molecule has 0 spiro atoms. The number of hydroxylamine groups is 2. The first kappa shape index (κ1) is 24.9. The highest BCUT2D eigenvalue weighted by molar-refractivity contribution is 6.51. The summed E-state index contributed by atoms with van der Waals surface area (Å²) in [5.74, 6) is -1.58. The summed E-state index contributed by atoms with van der Waals surface area (Å²) in [7, 11) is 0. The van der Waals surface area contributed by atoms with Gasteiger partial charge in [0.05, 0.1) is 16.8 Å². The Labute approximate surface area is 219 Å². The van der Waals surface area contributed by atoms with Crippen LogP contribution in [0.5, 0.6) is 5.75 Å². The van der Waals surface area contributed by atoms with E-state index in [1.807, 2.05) is 32.0 Å². The number of nitrogens with one attached hydrogen (secondary N) is 1. The first-order valence-electron chi connectivity index (χ1n) is 12.0. The Morgan fingerprint density at radius 1 is 1.00 bits per heavy atom. The van der Waals surface area contributed by atoms with Crippen molar-refractivity contribution < 1.29 is 19.8 Å². The van der Waals surface area contributed by atoms with Gasteiger partial charge < -0.3 is 15.4 Å². The molecular formula is C30H25N3O5. The Morgan fingerprint density at radius 3 is 2.47 bits per heavy atom. The first-order chi connectivity index (χ1) is 18.1. The van der Waals surface area contributed by atoms with Gasteiger partial charge in [0.25, 0.3) is 0 Å². The molecule has 1 atom stereocenters. The summed E-state index contributed by atoms with van der Waals surface area (Å²) in [6, 6.07) is 16.8. The van der Waals surface area contributed by atoms with Crippen LogP contribution in [0.15, 0.2) is 101 Å². The standard InChI is InChI=1S/C30H25N3O5/c1-18-13-19(2)15-23(14-18)33(38)12-11-20-9-10-27(29(35)25(20)17-33)32-31-26-8-4-7-24(28(26)34)21-5-3-6-22(16-21)30(36)37/h3-16,31,34H,17H2,1-2H3,(H,36,37). The average molecular weight is 508 g/mol. The fourth-order valence-electron chi connectivity index (χ4n) is 4.68. The molecule has 8 heteroatoms. The molecule has 0 aromatic heterocycles. The number of hydrazone groups is 1. The molecule has 38 heavy (non-hydrogen) atoms. The Hall–Kier alpha value is -4.79. The van der Waals surface area contributed by atoms with Crippen LogP contribution in [-0.2, 0) is 4.79 Å².